The van der Waals surface area contributed by atoms with E-state index in [1.165, 1.54) is 11.6 Å². The molecule has 3 N–H and O–H groups in total. The fraction of sp³-hybridized carbons (Fsp3) is 0.263. The Morgan fingerprint density at radius 1 is 1.14 bits per heavy atom. The Hall–Kier alpha value is -2.13. The van der Waals surface area contributed by atoms with Gasteiger partial charge in [0.25, 0.3) is 0 Å². The minimum Gasteiger partial charge on any atom is -0.376 e. The van der Waals surface area contributed by atoms with Gasteiger partial charge >= 0.3 is 0 Å². The van der Waals surface area contributed by atoms with E-state index in [-0.39, 0.29) is 17.9 Å². The zero-order valence-electron chi connectivity index (χ0n) is 13.2. The average Bonchev–Trinajstić information content (AvgIpc) is 2.45. The number of hydrogen-bond donors (Lipinski definition) is 2. The second kappa shape index (κ2) is 5.25. The first-order chi connectivity index (χ1) is 10.4. The van der Waals surface area contributed by atoms with E-state index in [1.54, 1.807) is 6.07 Å². The lowest BCUT2D eigenvalue weighted by Crippen LogP contribution is -2.31. The summed E-state index contributed by atoms with van der Waals surface area (Å²) in [5, 5.41) is 3.51. The third-order valence-electron chi connectivity index (χ3n) is 4.11. The van der Waals surface area contributed by atoms with Gasteiger partial charge in [0.05, 0.1) is 5.54 Å². The van der Waals surface area contributed by atoms with Gasteiger partial charge in [-0.05, 0) is 55.7 Å². The van der Waals surface area contributed by atoms with Crippen molar-refractivity contribution >= 4 is 11.3 Å². The largest absolute Gasteiger partial charge is 0.376 e. The molecule has 0 aromatic heterocycles. The second-order valence-corrected chi connectivity index (χ2v) is 6.40. The lowest BCUT2D eigenvalue weighted by molar-refractivity contribution is 0.611. The molecule has 1 aliphatic heterocycles. The fourth-order valence-corrected chi connectivity index (χ4v) is 3.19. The van der Waals surface area contributed by atoms with Crippen LogP contribution in [0.15, 0.2) is 42.5 Å². The third-order valence-corrected chi connectivity index (χ3v) is 4.11. The van der Waals surface area contributed by atoms with Crippen LogP contribution in [0.25, 0.3) is 16.7 Å². The summed E-state index contributed by atoms with van der Waals surface area (Å²) in [5.41, 5.74) is 11.6. The van der Waals surface area contributed by atoms with Crippen LogP contribution < -0.4 is 11.1 Å². The van der Waals surface area contributed by atoms with Gasteiger partial charge < -0.3 is 11.1 Å². The number of anilines is 1. The molecule has 114 valence electrons. The number of fused-ring (bicyclic) bond motifs is 1. The molecule has 3 rings (SSSR count). The lowest BCUT2D eigenvalue weighted by atomic mass is 9.88. The van der Waals surface area contributed by atoms with Gasteiger partial charge in [-0.1, -0.05) is 24.3 Å². The molecule has 3 heteroatoms. The van der Waals surface area contributed by atoms with E-state index in [0.717, 1.165) is 22.4 Å². The maximum absolute atomic E-state index is 13.9. The van der Waals surface area contributed by atoms with Crippen molar-refractivity contribution in [2.24, 2.45) is 5.73 Å². The summed E-state index contributed by atoms with van der Waals surface area (Å²) in [6, 6.07) is 11.3. The number of hydrogen-bond acceptors (Lipinski definition) is 2. The normalized spacial score (nSPS) is 15.8. The maximum Gasteiger partial charge on any atom is 0.128 e. The van der Waals surface area contributed by atoms with Crippen LogP contribution >= 0.6 is 0 Å². The van der Waals surface area contributed by atoms with Crippen molar-refractivity contribution in [3.05, 3.63) is 59.4 Å². The standard InChI is InChI=1S/C19H21FN2/c1-12-10-19(2,3)22-18-8-7-13(9-15(12)18)14-5-4-6-17(20)16(14)11-21/h4-10,22H,11,21H2,1-3H3. The van der Waals surface area contributed by atoms with E-state index < -0.39 is 0 Å². The van der Waals surface area contributed by atoms with Crippen molar-refractivity contribution in [3.8, 4) is 11.1 Å². The molecule has 0 bridgehead atoms. The molecule has 22 heavy (non-hydrogen) atoms. The smallest absolute Gasteiger partial charge is 0.128 e. The summed E-state index contributed by atoms with van der Waals surface area (Å²) in [6.07, 6.45) is 2.22. The maximum atomic E-state index is 13.9. The summed E-state index contributed by atoms with van der Waals surface area (Å²) in [7, 11) is 0. The van der Waals surface area contributed by atoms with Crippen molar-refractivity contribution in [3.63, 3.8) is 0 Å². The van der Waals surface area contributed by atoms with Crippen molar-refractivity contribution in [2.45, 2.75) is 32.9 Å². The van der Waals surface area contributed by atoms with Crippen LogP contribution in [-0.4, -0.2) is 5.54 Å². The molecule has 2 nitrogen and oxygen atoms in total. The van der Waals surface area contributed by atoms with E-state index in [0.29, 0.717) is 5.56 Å². The lowest BCUT2D eigenvalue weighted by Gasteiger charge is -2.31. The van der Waals surface area contributed by atoms with E-state index in [1.807, 2.05) is 12.1 Å². The van der Waals surface area contributed by atoms with Gasteiger partial charge in [-0.2, -0.15) is 0 Å². The minimum atomic E-state index is -0.246. The molecular formula is C19H21FN2. The van der Waals surface area contributed by atoms with Crippen LogP contribution in [0.5, 0.6) is 0 Å². The van der Waals surface area contributed by atoms with Gasteiger partial charge in [-0.3, -0.25) is 0 Å². The van der Waals surface area contributed by atoms with Crippen LogP contribution in [-0.2, 0) is 6.54 Å². The first-order valence-corrected chi connectivity index (χ1v) is 7.51. The van der Waals surface area contributed by atoms with Gasteiger partial charge in [0, 0.05) is 23.4 Å². The highest BCUT2D eigenvalue weighted by atomic mass is 19.1. The molecule has 0 amide bonds. The molecule has 0 radical (unpaired) electrons. The molecule has 0 aliphatic carbocycles. The van der Waals surface area contributed by atoms with Crippen LogP contribution in [0, 0.1) is 5.82 Å². The first-order valence-electron chi connectivity index (χ1n) is 7.51. The van der Waals surface area contributed by atoms with Crippen LogP contribution in [0.3, 0.4) is 0 Å². The summed E-state index contributed by atoms with van der Waals surface area (Å²) < 4.78 is 13.9. The topological polar surface area (TPSA) is 38.0 Å². The number of nitrogens with one attached hydrogen (secondary N) is 1. The van der Waals surface area contributed by atoms with Crippen LogP contribution in [0.1, 0.15) is 31.9 Å². The molecule has 0 spiro atoms. The second-order valence-electron chi connectivity index (χ2n) is 6.40. The van der Waals surface area contributed by atoms with E-state index in [9.17, 15) is 4.39 Å². The highest BCUT2D eigenvalue weighted by Crippen LogP contribution is 2.37. The first kappa shape index (κ1) is 14.8. The summed E-state index contributed by atoms with van der Waals surface area (Å²) in [6.45, 7) is 6.60. The zero-order valence-corrected chi connectivity index (χ0v) is 13.2. The van der Waals surface area contributed by atoms with E-state index in [4.69, 9.17) is 5.73 Å². The van der Waals surface area contributed by atoms with Gasteiger partial charge in [0.15, 0.2) is 0 Å². The summed E-state index contributed by atoms with van der Waals surface area (Å²) in [5.74, 6) is -0.246. The highest BCUT2D eigenvalue weighted by Gasteiger charge is 2.22. The van der Waals surface area contributed by atoms with Crippen molar-refractivity contribution < 1.29 is 4.39 Å². The zero-order chi connectivity index (χ0) is 15.9. The van der Waals surface area contributed by atoms with Gasteiger partial charge in [0.1, 0.15) is 5.82 Å². The minimum absolute atomic E-state index is 0.0557. The average molecular weight is 296 g/mol. The van der Waals surface area contributed by atoms with Crippen molar-refractivity contribution in [1.29, 1.82) is 0 Å². The number of allylic oxidation sites excluding steroid dienone is 1. The predicted octanol–water partition coefficient (Wildman–Crippen LogP) is 4.56. The van der Waals surface area contributed by atoms with Crippen LogP contribution in [0.2, 0.25) is 0 Å². The molecule has 0 fully saturated rings. The number of benzene rings is 2. The Labute approximate surface area is 130 Å². The Morgan fingerprint density at radius 3 is 2.64 bits per heavy atom. The van der Waals surface area contributed by atoms with Crippen LogP contribution in [0.4, 0.5) is 10.1 Å². The molecule has 0 atom stereocenters. The molecule has 0 unspecified atom stereocenters. The summed E-state index contributed by atoms with van der Waals surface area (Å²) in [4.78, 5) is 0. The molecular weight excluding hydrogens is 275 g/mol. The van der Waals surface area contributed by atoms with Gasteiger partial charge in [-0.15, -0.1) is 0 Å². The van der Waals surface area contributed by atoms with Gasteiger partial charge in [-0.25, -0.2) is 4.39 Å². The Kier molecular flexibility index (Phi) is 3.53. The Morgan fingerprint density at radius 2 is 1.91 bits per heavy atom. The quantitative estimate of drug-likeness (QED) is 0.852. The molecule has 2 aromatic rings. The van der Waals surface area contributed by atoms with E-state index in [2.05, 4.69) is 44.3 Å². The molecule has 2 aromatic carbocycles. The third kappa shape index (κ3) is 2.53. The monoisotopic (exact) mass is 296 g/mol. The Balaban J connectivity index is 2.13. The molecule has 0 saturated carbocycles. The van der Waals surface area contributed by atoms with Crippen molar-refractivity contribution in [2.75, 3.05) is 5.32 Å². The molecule has 1 heterocycles. The highest BCUT2D eigenvalue weighted by molar-refractivity contribution is 5.84. The Bertz CT molecular complexity index is 760. The predicted molar refractivity (Wildman–Crippen MR) is 91.1 cm³/mol. The van der Waals surface area contributed by atoms with Crippen molar-refractivity contribution in [1.82, 2.24) is 0 Å². The van der Waals surface area contributed by atoms with E-state index >= 15 is 0 Å². The SMILES string of the molecule is CC1=CC(C)(C)Nc2ccc(-c3cccc(F)c3CN)cc21. The number of nitrogens with two attached hydrogens (primary N) is 1. The number of rotatable bonds is 2. The molecule has 0 saturated heterocycles. The molecule has 1 aliphatic rings. The fourth-order valence-electron chi connectivity index (χ4n) is 3.19. The summed E-state index contributed by atoms with van der Waals surface area (Å²) >= 11 is 0. The van der Waals surface area contributed by atoms with Gasteiger partial charge in [0.2, 0.25) is 0 Å². The number of halogens is 1.